The summed E-state index contributed by atoms with van der Waals surface area (Å²) >= 11 is 1.48. The van der Waals surface area contributed by atoms with Gasteiger partial charge in [-0.05, 0) is 44.5 Å². The molecule has 0 aliphatic carbocycles. The second kappa shape index (κ2) is 5.99. The average molecular weight is 305 g/mol. The van der Waals surface area contributed by atoms with Gasteiger partial charge in [0.2, 0.25) is 5.91 Å². The van der Waals surface area contributed by atoms with Gasteiger partial charge in [-0.3, -0.25) is 4.79 Å². The van der Waals surface area contributed by atoms with E-state index in [0.29, 0.717) is 11.2 Å². The van der Waals surface area contributed by atoms with Crippen molar-refractivity contribution in [3.63, 3.8) is 0 Å². The molecule has 0 bridgehead atoms. The number of nitrogens with zero attached hydrogens (tertiary/aromatic N) is 1. The number of hydrogen-bond donors (Lipinski definition) is 2. The van der Waals surface area contributed by atoms with Crippen LogP contribution in [0.3, 0.4) is 0 Å². The smallest absolute Gasteiger partial charge is 0.229 e. The van der Waals surface area contributed by atoms with Crippen molar-refractivity contribution in [1.29, 1.82) is 0 Å². The highest BCUT2D eigenvalue weighted by molar-refractivity contribution is 7.22. The van der Waals surface area contributed by atoms with E-state index in [0.717, 1.165) is 35.4 Å². The van der Waals surface area contributed by atoms with Gasteiger partial charge in [0.25, 0.3) is 0 Å². The third-order valence-corrected chi connectivity index (χ3v) is 4.75. The number of ether oxygens (including phenoxy) is 1. The van der Waals surface area contributed by atoms with E-state index in [4.69, 9.17) is 4.74 Å². The zero-order valence-corrected chi connectivity index (χ0v) is 13.0. The normalized spacial score (nSPS) is 22.2. The molecule has 2 atom stereocenters. The molecular weight excluding hydrogens is 286 g/mol. The van der Waals surface area contributed by atoms with E-state index in [1.54, 1.807) is 7.11 Å². The van der Waals surface area contributed by atoms with Crippen LogP contribution in [0, 0.1) is 5.92 Å². The van der Waals surface area contributed by atoms with Gasteiger partial charge in [0, 0.05) is 12.0 Å². The number of benzene rings is 1. The molecule has 6 heteroatoms. The summed E-state index contributed by atoms with van der Waals surface area (Å²) in [5.74, 6) is 0.952. The summed E-state index contributed by atoms with van der Waals surface area (Å²) in [4.78, 5) is 16.8. The minimum Gasteiger partial charge on any atom is -0.497 e. The number of rotatable bonds is 3. The minimum atomic E-state index is 0.0720. The molecule has 0 radical (unpaired) electrons. The molecule has 1 aliphatic heterocycles. The SMILES string of the molecule is COc1ccc2nc(NC(=O)[C@H]3CCN[C@@H](C)C3)sc2c1. The Labute approximate surface area is 127 Å². The van der Waals surface area contributed by atoms with Crippen LogP contribution in [-0.4, -0.2) is 30.6 Å². The molecule has 1 amide bonds. The van der Waals surface area contributed by atoms with Crippen LogP contribution in [0.25, 0.3) is 10.2 Å². The van der Waals surface area contributed by atoms with E-state index < -0.39 is 0 Å². The molecule has 1 aromatic carbocycles. The number of fused-ring (bicyclic) bond motifs is 1. The number of thiazole rings is 1. The van der Waals surface area contributed by atoms with Gasteiger partial charge >= 0.3 is 0 Å². The van der Waals surface area contributed by atoms with Crippen LogP contribution in [0.2, 0.25) is 0 Å². The first-order chi connectivity index (χ1) is 10.2. The van der Waals surface area contributed by atoms with Crippen LogP contribution in [0.1, 0.15) is 19.8 Å². The molecule has 1 saturated heterocycles. The Morgan fingerprint density at radius 2 is 2.38 bits per heavy atom. The fraction of sp³-hybridized carbons (Fsp3) is 0.467. The van der Waals surface area contributed by atoms with E-state index in [-0.39, 0.29) is 11.8 Å². The molecule has 5 nitrogen and oxygen atoms in total. The molecule has 21 heavy (non-hydrogen) atoms. The maximum atomic E-state index is 12.3. The molecule has 1 aromatic heterocycles. The standard InChI is InChI=1S/C15H19N3O2S/c1-9-7-10(5-6-16-9)14(19)18-15-17-12-4-3-11(20-2)8-13(12)21-15/h3-4,8-10,16H,5-7H2,1-2H3,(H,17,18,19)/t9-,10-/m0/s1. The van der Waals surface area contributed by atoms with Gasteiger partial charge < -0.3 is 15.4 Å². The topological polar surface area (TPSA) is 63.2 Å². The number of piperidine rings is 1. The highest BCUT2D eigenvalue weighted by atomic mass is 32.1. The molecule has 1 aliphatic rings. The Morgan fingerprint density at radius 1 is 1.52 bits per heavy atom. The molecule has 112 valence electrons. The van der Waals surface area contributed by atoms with Crippen LogP contribution in [0.5, 0.6) is 5.75 Å². The Bertz CT molecular complexity index is 655. The van der Waals surface area contributed by atoms with Crippen molar-refractivity contribution in [2.75, 3.05) is 19.0 Å². The van der Waals surface area contributed by atoms with E-state index in [1.807, 2.05) is 18.2 Å². The van der Waals surface area contributed by atoms with Gasteiger partial charge in [0.15, 0.2) is 5.13 Å². The number of carbonyl (C=O) groups excluding carboxylic acids is 1. The highest BCUT2D eigenvalue weighted by Gasteiger charge is 2.25. The van der Waals surface area contributed by atoms with Crippen LogP contribution in [0.4, 0.5) is 5.13 Å². The molecule has 2 heterocycles. The molecule has 0 spiro atoms. The Kier molecular flexibility index (Phi) is 4.07. The lowest BCUT2D eigenvalue weighted by atomic mass is 9.93. The Balaban J connectivity index is 1.73. The van der Waals surface area contributed by atoms with Crippen molar-refractivity contribution in [2.24, 2.45) is 5.92 Å². The maximum Gasteiger partial charge on any atom is 0.229 e. The summed E-state index contributed by atoms with van der Waals surface area (Å²) in [6.45, 7) is 3.01. The lowest BCUT2D eigenvalue weighted by molar-refractivity contribution is -0.120. The number of nitrogens with one attached hydrogen (secondary N) is 2. The van der Waals surface area contributed by atoms with Gasteiger partial charge in [0.05, 0.1) is 17.3 Å². The second-order valence-electron chi connectivity index (χ2n) is 5.42. The molecule has 1 fully saturated rings. The van der Waals surface area contributed by atoms with Crippen molar-refractivity contribution in [3.05, 3.63) is 18.2 Å². The molecule has 2 N–H and O–H groups in total. The highest BCUT2D eigenvalue weighted by Crippen LogP contribution is 2.30. The van der Waals surface area contributed by atoms with Crippen molar-refractivity contribution < 1.29 is 9.53 Å². The first-order valence-corrected chi connectivity index (χ1v) is 7.96. The molecular formula is C15H19N3O2S. The van der Waals surface area contributed by atoms with Gasteiger partial charge in [-0.25, -0.2) is 4.98 Å². The molecule has 2 aromatic rings. The first kappa shape index (κ1) is 14.3. The van der Waals surface area contributed by atoms with E-state index in [1.165, 1.54) is 11.3 Å². The lowest BCUT2D eigenvalue weighted by Crippen LogP contribution is -2.40. The summed E-state index contributed by atoms with van der Waals surface area (Å²) < 4.78 is 6.22. The van der Waals surface area contributed by atoms with Crippen molar-refractivity contribution in [1.82, 2.24) is 10.3 Å². The van der Waals surface area contributed by atoms with E-state index in [2.05, 4.69) is 22.5 Å². The Morgan fingerprint density at radius 3 is 3.14 bits per heavy atom. The number of amides is 1. The van der Waals surface area contributed by atoms with Crippen molar-refractivity contribution in [2.45, 2.75) is 25.8 Å². The summed E-state index contributed by atoms with van der Waals surface area (Å²) in [6, 6.07) is 6.12. The maximum absolute atomic E-state index is 12.3. The average Bonchev–Trinajstić information content (AvgIpc) is 2.88. The molecule has 3 rings (SSSR count). The third-order valence-electron chi connectivity index (χ3n) is 3.82. The van der Waals surface area contributed by atoms with Crippen molar-refractivity contribution >= 4 is 32.6 Å². The molecule has 0 saturated carbocycles. The van der Waals surface area contributed by atoms with Crippen LogP contribution in [0.15, 0.2) is 18.2 Å². The number of aromatic nitrogens is 1. The summed E-state index contributed by atoms with van der Waals surface area (Å²) in [6.07, 6.45) is 1.76. The van der Waals surface area contributed by atoms with Crippen molar-refractivity contribution in [3.8, 4) is 5.75 Å². The quantitative estimate of drug-likeness (QED) is 0.915. The van der Waals surface area contributed by atoms with Crippen LogP contribution >= 0.6 is 11.3 Å². The van der Waals surface area contributed by atoms with Crippen LogP contribution in [-0.2, 0) is 4.79 Å². The zero-order chi connectivity index (χ0) is 14.8. The summed E-state index contributed by atoms with van der Waals surface area (Å²) in [5.41, 5.74) is 0.884. The second-order valence-corrected chi connectivity index (χ2v) is 6.45. The van der Waals surface area contributed by atoms with E-state index >= 15 is 0 Å². The number of hydrogen-bond acceptors (Lipinski definition) is 5. The van der Waals surface area contributed by atoms with Gasteiger partial charge in [-0.15, -0.1) is 0 Å². The zero-order valence-electron chi connectivity index (χ0n) is 12.2. The van der Waals surface area contributed by atoms with Gasteiger partial charge in [0.1, 0.15) is 5.75 Å². The van der Waals surface area contributed by atoms with E-state index in [9.17, 15) is 4.79 Å². The summed E-state index contributed by atoms with van der Waals surface area (Å²) in [7, 11) is 1.64. The fourth-order valence-corrected chi connectivity index (χ4v) is 3.56. The summed E-state index contributed by atoms with van der Waals surface area (Å²) in [5, 5.41) is 6.98. The first-order valence-electron chi connectivity index (χ1n) is 7.14. The largest absolute Gasteiger partial charge is 0.497 e. The predicted octanol–water partition coefficient (Wildman–Crippen LogP) is 2.63. The number of methoxy groups -OCH3 is 1. The monoisotopic (exact) mass is 305 g/mol. The fourth-order valence-electron chi connectivity index (χ4n) is 2.66. The minimum absolute atomic E-state index is 0.0720. The number of carbonyl (C=O) groups is 1. The van der Waals surface area contributed by atoms with Crippen LogP contribution < -0.4 is 15.4 Å². The number of anilines is 1. The third kappa shape index (κ3) is 3.16. The predicted molar refractivity (Wildman–Crippen MR) is 85.0 cm³/mol. The Hall–Kier alpha value is -1.66. The molecule has 0 unspecified atom stereocenters. The van der Waals surface area contributed by atoms with Gasteiger partial charge in [-0.2, -0.15) is 0 Å². The van der Waals surface area contributed by atoms with Gasteiger partial charge in [-0.1, -0.05) is 11.3 Å². The lowest BCUT2D eigenvalue weighted by Gasteiger charge is -2.26.